The van der Waals surface area contributed by atoms with E-state index in [4.69, 9.17) is 0 Å². The summed E-state index contributed by atoms with van der Waals surface area (Å²) in [4.78, 5) is 24.2. The van der Waals surface area contributed by atoms with Gasteiger partial charge in [-0.25, -0.2) is 9.97 Å². The van der Waals surface area contributed by atoms with Crippen LogP contribution in [-0.4, -0.2) is 51.5 Å². The van der Waals surface area contributed by atoms with Crippen molar-refractivity contribution < 1.29 is 9.90 Å². The SMILES string of the molecule is CN(C)CCSC(=O)c1cc(Nc2nccc(-c3ccc(Br)s3)n2)ccc1O. The first-order chi connectivity index (χ1) is 13.4. The summed E-state index contributed by atoms with van der Waals surface area (Å²) in [7, 11) is 3.91. The van der Waals surface area contributed by atoms with Gasteiger partial charge in [0.1, 0.15) is 5.75 Å². The zero-order chi connectivity index (χ0) is 20.1. The second-order valence-corrected chi connectivity index (χ2v) is 9.70. The Hall–Kier alpha value is -1.94. The van der Waals surface area contributed by atoms with Gasteiger partial charge in [0, 0.05) is 24.2 Å². The molecule has 0 saturated carbocycles. The number of thioether (sulfide) groups is 1. The fraction of sp³-hybridized carbons (Fsp3) is 0.211. The summed E-state index contributed by atoms with van der Waals surface area (Å²) in [5, 5.41) is 13.0. The Kier molecular flexibility index (Phi) is 7.06. The van der Waals surface area contributed by atoms with Crippen molar-refractivity contribution in [1.82, 2.24) is 14.9 Å². The number of phenolic OH excluding ortho intramolecular Hbond substituents is 1. The summed E-state index contributed by atoms with van der Waals surface area (Å²) < 4.78 is 1.03. The maximum Gasteiger partial charge on any atom is 0.227 e. The molecule has 0 atom stereocenters. The van der Waals surface area contributed by atoms with E-state index in [1.165, 1.54) is 17.8 Å². The molecule has 6 nitrogen and oxygen atoms in total. The van der Waals surface area contributed by atoms with E-state index in [1.54, 1.807) is 29.7 Å². The minimum Gasteiger partial charge on any atom is -0.507 e. The van der Waals surface area contributed by atoms with Gasteiger partial charge in [-0.1, -0.05) is 11.8 Å². The van der Waals surface area contributed by atoms with Gasteiger partial charge in [0.2, 0.25) is 11.1 Å². The zero-order valence-electron chi connectivity index (χ0n) is 15.3. The zero-order valence-corrected chi connectivity index (χ0v) is 18.6. The number of carbonyl (C=O) groups excluding carboxylic acids is 1. The van der Waals surface area contributed by atoms with Crippen LogP contribution in [0.5, 0.6) is 5.75 Å². The summed E-state index contributed by atoms with van der Waals surface area (Å²) >= 11 is 6.23. The molecule has 0 saturated heterocycles. The molecule has 0 amide bonds. The van der Waals surface area contributed by atoms with E-state index in [9.17, 15) is 9.90 Å². The number of aromatic nitrogens is 2. The number of aromatic hydroxyl groups is 1. The predicted molar refractivity (Wildman–Crippen MR) is 120 cm³/mol. The predicted octanol–water partition coefficient (Wildman–Crippen LogP) is 4.85. The van der Waals surface area contributed by atoms with Crippen LogP contribution in [0.25, 0.3) is 10.6 Å². The van der Waals surface area contributed by atoms with E-state index < -0.39 is 0 Å². The van der Waals surface area contributed by atoms with Crippen molar-refractivity contribution in [3.63, 3.8) is 0 Å². The second-order valence-electron chi connectivity index (χ2n) is 6.17. The molecule has 146 valence electrons. The smallest absolute Gasteiger partial charge is 0.227 e. The molecular formula is C19H19BrN4O2S2. The molecule has 0 aliphatic heterocycles. The molecule has 0 fully saturated rings. The highest BCUT2D eigenvalue weighted by molar-refractivity contribution is 9.11. The van der Waals surface area contributed by atoms with Gasteiger partial charge in [-0.2, -0.15) is 0 Å². The summed E-state index contributed by atoms with van der Waals surface area (Å²) in [6.07, 6.45) is 1.68. The van der Waals surface area contributed by atoms with Crippen LogP contribution in [-0.2, 0) is 0 Å². The molecule has 28 heavy (non-hydrogen) atoms. The van der Waals surface area contributed by atoms with Gasteiger partial charge < -0.3 is 15.3 Å². The number of carbonyl (C=O) groups is 1. The first-order valence-corrected chi connectivity index (χ1v) is 11.0. The van der Waals surface area contributed by atoms with Gasteiger partial charge >= 0.3 is 0 Å². The molecule has 0 spiro atoms. The van der Waals surface area contributed by atoms with Gasteiger partial charge in [-0.15, -0.1) is 11.3 Å². The maximum atomic E-state index is 12.4. The molecular weight excluding hydrogens is 460 g/mol. The Balaban J connectivity index is 1.75. The number of benzene rings is 1. The number of hydrogen-bond acceptors (Lipinski definition) is 8. The fourth-order valence-electron chi connectivity index (χ4n) is 2.31. The van der Waals surface area contributed by atoms with Gasteiger partial charge in [0.25, 0.3) is 0 Å². The van der Waals surface area contributed by atoms with E-state index in [2.05, 4.69) is 31.2 Å². The molecule has 0 unspecified atom stereocenters. The molecule has 0 bridgehead atoms. The van der Waals surface area contributed by atoms with Crippen LogP contribution in [0.3, 0.4) is 0 Å². The van der Waals surface area contributed by atoms with Gasteiger partial charge in [-0.05, 0) is 66.4 Å². The molecule has 2 N–H and O–H groups in total. The molecule has 0 aliphatic carbocycles. The Labute approximate surface area is 180 Å². The number of nitrogens with one attached hydrogen (secondary N) is 1. The van der Waals surface area contributed by atoms with Crippen LogP contribution >= 0.6 is 39.0 Å². The maximum absolute atomic E-state index is 12.4. The number of thiophene rings is 1. The number of hydrogen-bond donors (Lipinski definition) is 2. The number of anilines is 2. The lowest BCUT2D eigenvalue weighted by molar-refractivity contribution is 0.108. The molecule has 0 radical (unpaired) electrons. The van der Waals surface area contributed by atoms with E-state index in [-0.39, 0.29) is 16.4 Å². The number of halogens is 1. The van der Waals surface area contributed by atoms with E-state index >= 15 is 0 Å². The normalized spacial score (nSPS) is 11.0. The van der Waals surface area contributed by atoms with Crippen molar-refractivity contribution >= 4 is 55.8 Å². The Morgan fingerprint density at radius 3 is 2.82 bits per heavy atom. The Morgan fingerprint density at radius 1 is 1.29 bits per heavy atom. The van der Waals surface area contributed by atoms with E-state index in [1.807, 2.05) is 37.2 Å². The van der Waals surface area contributed by atoms with Gasteiger partial charge in [0.15, 0.2) is 0 Å². The molecule has 2 heterocycles. The molecule has 9 heteroatoms. The monoisotopic (exact) mass is 478 g/mol. The summed E-state index contributed by atoms with van der Waals surface area (Å²) in [6.45, 7) is 0.786. The largest absolute Gasteiger partial charge is 0.507 e. The van der Waals surface area contributed by atoms with Crippen LogP contribution in [0.1, 0.15) is 10.4 Å². The quantitative estimate of drug-likeness (QED) is 0.469. The van der Waals surface area contributed by atoms with Crippen molar-refractivity contribution in [3.8, 4) is 16.3 Å². The third-order valence-corrected chi connectivity index (χ3v) is 6.24. The van der Waals surface area contributed by atoms with E-state index in [0.717, 1.165) is 20.9 Å². The highest BCUT2D eigenvalue weighted by atomic mass is 79.9. The highest BCUT2D eigenvalue weighted by Crippen LogP contribution is 2.31. The van der Waals surface area contributed by atoms with Crippen LogP contribution in [0.2, 0.25) is 0 Å². The first kappa shape index (κ1) is 20.8. The summed E-state index contributed by atoms with van der Waals surface area (Å²) in [5.41, 5.74) is 1.72. The lowest BCUT2D eigenvalue weighted by Crippen LogP contribution is -2.15. The Bertz CT molecular complexity index is 978. The molecule has 0 aliphatic rings. The fourth-order valence-corrected chi connectivity index (χ4v) is 4.63. The van der Waals surface area contributed by atoms with Crippen LogP contribution in [0.4, 0.5) is 11.6 Å². The minimum atomic E-state index is -0.166. The average molecular weight is 479 g/mol. The van der Waals surface area contributed by atoms with Crippen molar-refractivity contribution in [2.24, 2.45) is 0 Å². The number of phenols is 1. The third-order valence-electron chi connectivity index (χ3n) is 3.73. The third kappa shape index (κ3) is 5.54. The van der Waals surface area contributed by atoms with Crippen molar-refractivity contribution in [1.29, 1.82) is 0 Å². The topological polar surface area (TPSA) is 78.4 Å². The minimum absolute atomic E-state index is 0.0361. The molecule has 3 aromatic rings. The molecule has 2 aromatic heterocycles. The lowest BCUT2D eigenvalue weighted by Gasteiger charge is -2.10. The second kappa shape index (κ2) is 9.51. The van der Waals surface area contributed by atoms with E-state index in [0.29, 0.717) is 17.4 Å². The van der Waals surface area contributed by atoms with Crippen LogP contribution in [0.15, 0.2) is 46.4 Å². The summed E-state index contributed by atoms with van der Waals surface area (Å²) in [5.74, 6) is 1.04. The van der Waals surface area contributed by atoms with Crippen molar-refractivity contribution in [3.05, 3.63) is 51.9 Å². The standard InChI is InChI=1S/C19H19BrN4O2S2/c1-24(2)9-10-27-18(26)13-11-12(3-4-15(13)25)22-19-21-8-7-14(23-19)16-5-6-17(20)28-16/h3-8,11,25H,9-10H2,1-2H3,(H,21,22,23). The highest BCUT2D eigenvalue weighted by Gasteiger charge is 2.14. The molecule has 3 rings (SSSR count). The van der Waals surface area contributed by atoms with Crippen LogP contribution in [0, 0.1) is 0 Å². The first-order valence-electron chi connectivity index (χ1n) is 8.43. The van der Waals surface area contributed by atoms with Crippen molar-refractivity contribution in [2.75, 3.05) is 31.7 Å². The molecule has 1 aromatic carbocycles. The Morgan fingerprint density at radius 2 is 2.11 bits per heavy atom. The van der Waals surface area contributed by atoms with Gasteiger partial charge in [-0.3, -0.25) is 4.79 Å². The summed E-state index contributed by atoms with van der Waals surface area (Å²) in [6, 6.07) is 10.6. The lowest BCUT2D eigenvalue weighted by atomic mass is 10.2. The van der Waals surface area contributed by atoms with Crippen LogP contribution < -0.4 is 5.32 Å². The van der Waals surface area contributed by atoms with Crippen molar-refractivity contribution in [2.45, 2.75) is 0 Å². The number of rotatable bonds is 7. The average Bonchev–Trinajstić information content (AvgIpc) is 3.09. The van der Waals surface area contributed by atoms with Gasteiger partial charge in [0.05, 0.1) is 19.9 Å². The number of nitrogens with zero attached hydrogens (tertiary/aromatic N) is 3.